The summed E-state index contributed by atoms with van der Waals surface area (Å²) in [6.45, 7) is 2.56. The monoisotopic (exact) mass is 365 g/mol. The molecule has 1 aliphatic rings. The van der Waals surface area contributed by atoms with Gasteiger partial charge in [0.15, 0.2) is 11.6 Å². The summed E-state index contributed by atoms with van der Waals surface area (Å²) in [5, 5.41) is 6.14. The van der Waals surface area contributed by atoms with Crippen LogP contribution in [0.15, 0.2) is 47.0 Å². The molecule has 6 heteroatoms. The van der Waals surface area contributed by atoms with E-state index in [1.54, 1.807) is 7.11 Å². The molecule has 0 aliphatic carbocycles. The Balaban J connectivity index is 1.48. The molecule has 140 valence electrons. The normalized spacial score (nSPS) is 18.0. The minimum Gasteiger partial charge on any atom is -0.375 e. The van der Waals surface area contributed by atoms with Crippen LogP contribution in [-0.2, 0) is 17.9 Å². The van der Waals surface area contributed by atoms with Gasteiger partial charge < -0.3 is 9.26 Å². The van der Waals surface area contributed by atoms with Crippen LogP contribution < -0.4 is 0 Å². The second kappa shape index (κ2) is 7.98. The minimum absolute atomic E-state index is 0.00472. The molecular weight excluding hydrogens is 342 g/mol. The molecule has 1 atom stereocenters. The van der Waals surface area contributed by atoms with Crippen molar-refractivity contribution in [3.8, 4) is 0 Å². The maximum Gasteiger partial charge on any atom is 0.252 e. The molecule has 2 aromatic carbocycles. The lowest BCUT2D eigenvalue weighted by atomic mass is 9.88. The summed E-state index contributed by atoms with van der Waals surface area (Å²) < 4.78 is 10.2. The first kappa shape index (κ1) is 17.8. The Morgan fingerprint density at radius 3 is 3.00 bits per heavy atom. The number of nitrogens with zero attached hydrogens (tertiary/aromatic N) is 3. The van der Waals surface area contributed by atoms with Crippen LogP contribution in [0.2, 0.25) is 0 Å². The van der Waals surface area contributed by atoms with Gasteiger partial charge in [0.05, 0.1) is 6.54 Å². The molecule has 2 heterocycles. The molecule has 6 nitrogen and oxygen atoms in total. The van der Waals surface area contributed by atoms with E-state index in [0.717, 1.165) is 42.3 Å². The molecule has 27 heavy (non-hydrogen) atoms. The predicted molar refractivity (Wildman–Crippen MR) is 101 cm³/mol. The fourth-order valence-electron chi connectivity index (χ4n) is 3.81. The second-order valence-electron chi connectivity index (χ2n) is 7.00. The largest absolute Gasteiger partial charge is 0.375 e. The van der Waals surface area contributed by atoms with Gasteiger partial charge in [-0.1, -0.05) is 47.6 Å². The maximum absolute atomic E-state index is 13.2. The van der Waals surface area contributed by atoms with Crippen LogP contribution >= 0.6 is 0 Å². The van der Waals surface area contributed by atoms with Crippen molar-refractivity contribution < 1.29 is 14.1 Å². The smallest absolute Gasteiger partial charge is 0.252 e. The van der Waals surface area contributed by atoms with Crippen molar-refractivity contribution in [3.63, 3.8) is 0 Å². The zero-order chi connectivity index (χ0) is 18.6. The molecule has 3 aromatic rings. The van der Waals surface area contributed by atoms with Crippen LogP contribution in [0.3, 0.4) is 0 Å². The standard InChI is InChI=1S/C21H23N3O3/c1-26-14-20-22-19(23-27-20)13-24-11-5-8-16(12-24)21(25)18-10-4-7-15-6-2-3-9-17(15)18/h2-4,6-7,9-10,16H,5,8,11-14H2,1H3. The lowest BCUT2D eigenvalue weighted by molar-refractivity contribution is 0.0809. The van der Waals surface area contributed by atoms with Crippen molar-refractivity contribution in [2.75, 3.05) is 20.2 Å². The first-order valence-electron chi connectivity index (χ1n) is 9.29. The molecule has 0 bridgehead atoms. The number of piperidine rings is 1. The quantitative estimate of drug-likeness (QED) is 0.623. The number of fused-ring (bicyclic) bond motifs is 1. The van der Waals surface area contributed by atoms with E-state index >= 15 is 0 Å². The highest BCUT2D eigenvalue weighted by Crippen LogP contribution is 2.26. The first-order chi connectivity index (χ1) is 13.2. The van der Waals surface area contributed by atoms with Crippen LogP contribution in [0.25, 0.3) is 10.8 Å². The summed E-state index contributed by atoms with van der Waals surface area (Å²) in [5.74, 6) is 1.34. The molecule has 1 aliphatic heterocycles. The van der Waals surface area contributed by atoms with E-state index in [9.17, 15) is 4.79 Å². The van der Waals surface area contributed by atoms with Gasteiger partial charge in [-0.05, 0) is 30.2 Å². The summed E-state index contributed by atoms with van der Waals surface area (Å²) >= 11 is 0. The zero-order valence-corrected chi connectivity index (χ0v) is 15.4. The Bertz CT molecular complexity index is 932. The summed E-state index contributed by atoms with van der Waals surface area (Å²) in [4.78, 5) is 19.8. The maximum atomic E-state index is 13.2. The lowest BCUT2D eigenvalue weighted by Gasteiger charge is -2.31. The predicted octanol–water partition coefficient (Wildman–Crippen LogP) is 3.46. The van der Waals surface area contributed by atoms with Crippen LogP contribution in [0.5, 0.6) is 0 Å². The van der Waals surface area contributed by atoms with Gasteiger partial charge in [-0.2, -0.15) is 4.98 Å². The second-order valence-corrected chi connectivity index (χ2v) is 7.00. The van der Waals surface area contributed by atoms with Gasteiger partial charge in [0.2, 0.25) is 0 Å². The Morgan fingerprint density at radius 2 is 2.11 bits per heavy atom. The number of hydrogen-bond donors (Lipinski definition) is 0. The van der Waals surface area contributed by atoms with Crippen molar-refractivity contribution in [2.45, 2.75) is 26.0 Å². The summed E-state index contributed by atoms with van der Waals surface area (Å²) in [6, 6.07) is 14.0. The molecule has 0 radical (unpaired) electrons. The molecule has 4 rings (SSSR count). The van der Waals surface area contributed by atoms with Crippen LogP contribution in [0.1, 0.15) is 34.9 Å². The number of rotatable bonds is 6. The third-order valence-corrected chi connectivity index (χ3v) is 5.07. The molecule has 1 fully saturated rings. The SMILES string of the molecule is COCc1nc(CN2CCCC(C(=O)c3cccc4ccccc34)C2)no1. The van der Waals surface area contributed by atoms with E-state index in [1.165, 1.54) is 0 Å². The summed E-state index contributed by atoms with van der Waals surface area (Å²) in [7, 11) is 1.60. The highest BCUT2D eigenvalue weighted by molar-refractivity contribution is 6.09. The number of Topliss-reactive ketones (excluding diaryl/α,β-unsaturated/α-hetero) is 1. The van der Waals surface area contributed by atoms with Crippen molar-refractivity contribution >= 4 is 16.6 Å². The molecule has 0 amide bonds. The fourth-order valence-corrected chi connectivity index (χ4v) is 3.81. The Morgan fingerprint density at radius 1 is 1.26 bits per heavy atom. The van der Waals surface area contributed by atoms with Crippen LogP contribution in [-0.4, -0.2) is 41.0 Å². The Hall–Kier alpha value is -2.57. The third-order valence-electron chi connectivity index (χ3n) is 5.07. The van der Waals surface area contributed by atoms with Crippen LogP contribution in [0, 0.1) is 5.92 Å². The highest BCUT2D eigenvalue weighted by Gasteiger charge is 2.28. The van der Waals surface area contributed by atoms with E-state index in [0.29, 0.717) is 24.9 Å². The van der Waals surface area contributed by atoms with E-state index in [2.05, 4.69) is 15.0 Å². The Kier molecular flexibility index (Phi) is 5.27. The molecule has 1 unspecified atom stereocenters. The number of likely N-dealkylation sites (tertiary alicyclic amines) is 1. The number of ketones is 1. The zero-order valence-electron chi connectivity index (χ0n) is 15.4. The van der Waals surface area contributed by atoms with Crippen molar-refractivity contribution in [3.05, 3.63) is 59.7 Å². The summed E-state index contributed by atoms with van der Waals surface area (Å²) in [5.41, 5.74) is 0.821. The van der Waals surface area contributed by atoms with E-state index in [-0.39, 0.29) is 11.7 Å². The molecule has 1 aromatic heterocycles. The highest BCUT2D eigenvalue weighted by atomic mass is 16.5. The van der Waals surface area contributed by atoms with Crippen LogP contribution in [0.4, 0.5) is 0 Å². The number of carbonyl (C=O) groups excluding carboxylic acids is 1. The van der Waals surface area contributed by atoms with Gasteiger partial charge in [0, 0.05) is 25.1 Å². The minimum atomic E-state index is -0.00472. The summed E-state index contributed by atoms with van der Waals surface area (Å²) in [6.07, 6.45) is 1.91. The lowest BCUT2D eigenvalue weighted by Crippen LogP contribution is -2.38. The number of hydrogen-bond acceptors (Lipinski definition) is 6. The number of ether oxygens (including phenoxy) is 1. The van der Waals surface area contributed by atoms with E-state index in [1.807, 2.05) is 42.5 Å². The molecule has 1 saturated heterocycles. The Labute approximate surface area is 158 Å². The van der Waals surface area contributed by atoms with E-state index in [4.69, 9.17) is 9.26 Å². The van der Waals surface area contributed by atoms with Crippen molar-refractivity contribution in [1.29, 1.82) is 0 Å². The van der Waals surface area contributed by atoms with Crippen molar-refractivity contribution in [2.24, 2.45) is 5.92 Å². The van der Waals surface area contributed by atoms with Gasteiger partial charge >= 0.3 is 0 Å². The molecular formula is C21H23N3O3. The van der Waals surface area contributed by atoms with Crippen molar-refractivity contribution in [1.82, 2.24) is 15.0 Å². The average molecular weight is 365 g/mol. The first-order valence-corrected chi connectivity index (χ1v) is 9.29. The van der Waals surface area contributed by atoms with Gasteiger partial charge in [-0.3, -0.25) is 9.69 Å². The molecule has 0 N–H and O–H groups in total. The number of methoxy groups -OCH3 is 1. The average Bonchev–Trinajstić information content (AvgIpc) is 3.14. The van der Waals surface area contributed by atoms with Gasteiger partial charge in [-0.15, -0.1) is 0 Å². The molecule has 0 spiro atoms. The molecule has 0 saturated carbocycles. The number of carbonyl (C=O) groups is 1. The fraction of sp³-hybridized carbons (Fsp3) is 0.381. The van der Waals surface area contributed by atoms with Gasteiger partial charge in [-0.25, -0.2) is 0 Å². The van der Waals surface area contributed by atoms with E-state index < -0.39 is 0 Å². The van der Waals surface area contributed by atoms with Gasteiger partial charge in [0.25, 0.3) is 5.89 Å². The van der Waals surface area contributed by atoms with Gasteiger partial charge in [0.1, 0.15) is 6.61 Å². The number of benzene rings is 2. The number of aromatic nitrogens is 2. The third kappa shape index (κ3) is 3.91. The topological polar surface area (TPSA) is 68.5 Å².